The summed E-state index contributed by atoms with van der Waals surface area (Å²) in [7, 11) is 0. The van der Waals surface area contributed by atoms with E-state index in [2.05, 4.69) is 37.0 Å². The van der Waals surface area contributed by atoms with E-state index >= 15 is 0 Å². The summed E-state index contributed by atoms with van der Waals surface area (Å²) in [6.45, 7) is 6.13. The molecule has 0 atom stereocenters. The third-order valence-electron chi connectivity index (χ3n) is 3.07. The molecule has 0 aromatic heterocycles. The van der Waals surface area contributed by atoms with Crippen LogP contribution in [0.2, 0.25) is 0 Å². The summed E-state index contributed by atoms with van der Waals surface area (Å²) < 4.78 is 5.45. The molecule has 2 aromatic rings. The fourth-order valence-corrected chi connectivity index (χ4v) is 2.85. The van der Waals surface area contributed by atoms with E-state index in [-0.39, 0.29) is 5.91 Å². The van der Waals surface area contributed by atoms with E-state index in [9.17, 15) is 4.79 Å². The lowest BCUT2D eigenvalue weighted by Gasteiger charge is -2.08. The van der Waals surface area contributed by atoms with E-state index < -0.39 is 0 Å². The molecule has 0 bridgehead atoms. The molecule has 0 aliphatic carbocycles. The minimum atomic E-state index is -0.0106. The average molecular weight is 327 g/mol. The van der Waals surface area contributed by atoms with E-state index in [0.29, 0.717) is 12.4 Å². The number of hydrogen-bond acceptors (Lipinski definition) is 3. The summed E-state index contributed by atoms with van der Waals surface area (Å²) in [5.41, 5.74) is 3.22. The van der Waals surface area contributed by atoms with Crippen molar-refractivity contribution in [3.05, 3.63) is 72.3 Å². The van der Waals surface area contributed by atoms with Gasteiger partial charge in [-0.05, 0) is 24.6 Å². The van der Waals surface area contributed by atoms with Crippen LogP contribution >= 0.6 is 11.8 Å². The first-order valence-corrected chi connectivity index (χ1v) is 8.60. The molecular formula is C19H21NO2S. The Kier molecular flexibility index (Phi) is 6.76. The van der Waals surface area contributed by atoms with E-state index in [4.69, 9.17) is 4.74 Å². The molecule has 0 fully saturated rings. The number of nitrogens with one attached hydrogen (secondary N) is 1. The number of carbonyl (C=O) groups is 1. The first-order chi connectivity index (χ1) is 11.2. The van der Waals surface area contributed by atoms with Gasteiger partial charge in [0, 0.05) is 17.5 Å². The second kappa shape index (κ2) is 9.06. The molecule has 0 heterocycles. The van der Waals surface area contributed by atoms with Crippen molar-refractivity contribution in [3.8, 4) is 5.75 Å². The topological polar surface area (TPSA) is 38.3 Å². The summed E-state index contributed by atoms with van der Waals surface area (Å²) in [6.07, 6.45) is 1.69. The molecule has 0 spiro atoms. The van der Waals surface area contributed by atoms with Crippen molar-refractivity contribution in [1.82, 2.24) is 0 Å². The van der Waals surface area contributed by atoms with Crippen LogP contribution in [0.4, 0.5) is 5.69 Å². The van der Waals surface area contributed by atoms with Gasteiger partial charge < -0.3 is 10.1 Å². The number of amides is 1. The Labute approximate surface area is 141 Å². The van der Waals surface area contributed by atoms with Crippen LogP contribution < -0.4 is 10.1 Å². The Morgan fingerprint density at radius 2 is 2.09 bits per heavy atom. The summed E-state index contributed by atoms with van der Waals surface area (Å²) in [4.78, 5) is 12.0. The van der Waals surface area contributed by atoms with Gasteiger partial charge in [-0.25, -0.2) is 0 Å². The summed E-state index contributed by atoms with van der Waals surface area (Å²) in [6, 6.07) is 15.7. The highest BCUT2D eigenvalue weighted by molar-refractivity contribution is 7.99. The van der Waals surface area contributed by atoms with Gasteiger partial charge in [0.05, 0.1) is 5.75 Å². The van der Waals surface area contributed by atoms with Crippen LogP contribution in [-0.2, 0) is 10.5 Å². The molecule has 1 N–H and O–H groups in total. The Balaban J connectivity index is 1.79. The minimum Gasteiger partial charge on any atom is -0.489 e. The number of benzene rings is 2. The highest BCUT2D eigenvalue weighted by Gasteiger charge is 2.04. The number of aryl methyl sites for hydroxylation is 1. The van der Waals surface area contributed by atoms with Crippen LogP contribution in [0, 0.1) is 6.92 Å². The molecule has 3 nitrogen and oxygen atoms in total. The predicted octanol–water partition coefficient (Wildman–Crippen LogP) is 4.43. The van der Waals surface area contributed by atoms with Crippen molar-refractivity contribution in [2.24, 2.45) is 0 Å². The largest absolute Gasteiger partial charge is 0.489 e. The maximum atomic E-state index is 12.0. The van der Waals surface area contributed by atoms with Crippen LogP contribution in [0.25, 0.3) is 0 Å². The van der Waals surface area contributed by atoms with Crippen molar-refractivity contribution in [3.63, 3.8) is 0 Å². The zero-order valence-electron chi connectivity index (χ0n) is 13.2. The summed E-state index contributed by atoms with van der Waals surface area (Å²) >= 11 is 1.60. The second-order valence-corrected chi connectivity index (χ2v) is 6.14. The van der Waals surface area contributed by atoms with Gasteiger partial charge in [0.15, 0.2) is 0 Å². The van der Waals surface area contributed by atoms with Crippen molar-refractivity contribution >= 4 is 23.4 Å². The van der Waals surface area contributed by atoms with Gasteiger partial charge in [-0.1, -0.05) is 48.6 Å². The maximum absolute atomic E-state index is 12.0. The van der Waals surface area contributed by atoms with Crippen LogP contribution in [-0.4, -0.2) is 18.3 Å². The van der Waals surface area contributed by atoms with Crippen LogP contribution in [0.1, 0.15) is 11.1 Å². The Morgan fingerprint density at radius 1 is 1.26 bits per heavy atom. The van der Waals surface area contributed by atoms with E-state index in [1.54, 1.807) is 17.8 Å². The van der Waals surface area contributed by atoms with Gasteiger partial charge in [-0.3, -0.25) is 4.79 Å². The summed E-state index contributed by atoms with van der Waals surface area (Å²) in [5.74, 6) is 1.96. The third kappa shape index (κ3) is 6.20. The zero-order valence-corrected chi connectivity index (χ0v) is 14.1. The van der Waals surface area contributed by atoms with Gasteiger partial charge >= 0.3 is 0 Å². The van der Waals surface area contributed by atoms with Crippen molar-refractivity contribution in [2.75, 3.05) is 17.7 Å². The highest BCUT2D eigenvalue weighted by Crippen LogP contribution is 2.18. The fourth-order valence-electron chi connectivity index (χ4n) is 2.08. The third-order valence-corrected chi connectivity index (χ3v) is 4.07. The Bertz CT molecular complexity index is 670. The molecule has 23 heavy (non-hydrogen) atoms. The molecule has 4 heteroatoms. The lowest BCUT2D eigenvalue weighted by Crippen LogP contribution is -2.14. The normalized spacial score (nSPS) is 10.1. The lowest BCUT2D eigenvalue weighted by molar-refractivity contribution is -0.113. The number of carbonyl (C=O) groups excluding carboxylic acids is 1. The monoisotopic (exact) mass is 327 g/mol. The molecule has 0 aliphatic heterocycles. The van der Waals surface area contributed by atoms with Crippen LogP contribution in [0.15, 0.2) is 61.2 Å². The molecule has 0 saturated carbocycles. The maximum Gasteiger partial charge on any atom is 0.234 e. The van der Waals surface area contributed by atoms with E-state index in [0.717, 1.165) is 17.2 Å². The minimum absolute atomic E-state index is 0.0106. The second-order valence-electron chi connectivity index (χ2n) is 5.16. The molecule has 120 valence electrons. The van der Waals surface area contributed by atoms with Crippen LogP contribution in [0.3, 0.4) is 0 Å². The SMILES string of the molecule is C=CCOc1cccc(NC(=O)CSCc2cccc(C)c2)c1. The molecular weight excluding hydrogens is 306 g/mol. The Morgan fingerprint density at radius 3 is 2.87 bits per heavy atom. The molecule has 0 radical (unpaired) electrons. The number of anilines is 1. The molecule has 2 rings (SSSR count). The standard InChI is InChI=1S/C19H21NO2S/c1-3-10-22-18-9-5-8-17(12-18)20-19(21)14-23-13-16-7-4-6-15(2)11-16/h3-9,11-12H,1,10,13-14H2,2H3,(H,20,21). The molecule has 2 aromatic carbocycles. The average Bonchev–Trinajstić information content (AvgIpc) is 2.53. The van der Waals surface area contributed by atoms with Crippen molar-refractivity contribution in [2.45, 2.75) is 12.7 Å². The smallest absolute Gasteiger partial charge is 0.234 e. The van der Waals surface area contributed by atoms with Crippen molar-refractivity contribution in [1.29, 1.82) is 0 Å². The number of rotatable bonds is 8. The number of hydrogen-bond donors (Lipinski definition) is 1. The summed E-state index contributed by atoms with van der Waals surface area (Å²) in [5, 5.41) is 2.89. The molecule has 0 saturated heterocycles. The van der Waals surface area contributed by atoms with Crippen molar-refractivity contribution < 1.29 is 9.53 Å². The zero-order chi connectivity index (χ0) is 16.5. The first kappa shape index (κ1) is 17.2. The predicted molar refractivity (Wildman–Crippen MR) is 98.1 cm³/mol. The Hall–Kier alpha value is -2.20. The fraction of sp³-hybridized carbons (Fsp3) is 0.211. The number of thioether (sulfide) groups is 1. The number of ether oxygens (including phenoxy) is 1. The van der Waals surface area contributed by atoms with E-state index in [1.807, 2.05) is 30.3 Å². The quantitative estimate of drug-likeness (QED) is 0.729. The van der Waals surface area contributed by atoms with Gasteiger partial charge in [0.25, 0.3) is 0 Å². The van der Waals surface area contributed by atoms with Gasteiger partial charge in [-0.2, -0.15) is 0 Å². The van der Waals surface area contributed by atoms with Gasteiger partial charge in [-0.15, -0.1) is 11.8 Å². The highest BCUT2D eigenvalue weighted by atomic mass is 32.2. The molecule has 0 aliphatic rings. The van der Waals surface area contributed by atoms with Crippen LogP contribution in [0.5, 0.6) is 5.75 Å². The molecule has 0 unspecified atom stereocenters. The van der Waals surface area contributed by atoms with Gasteiger partial charge in [0.2, 0.25) is 5.91 Å². The lowest BCUT2D eigenvalue weighted by atomic mass is 10.2. The first-order valence-electron chi connectivity index (χ1n) is 7.44. The van der Waals surface area contributed by atoms with E-state index in [1.165, 1.54) is 11.1 Å². The van der Waals surface area contributed by atoms with Gasteiger partial charge in [0.1, 0.15) is 12.4 Å². The molecule has 1 amide bonds.